The van der Waals surface area contributed by atoms with Gasteiger partial charge < -0.3 is 4.90 Å². The van der Waals surface area contributed by atoms with Crippen molar-refractivity contribution in [1.29, 1.82) is 0 Å². The number of amides is 1. The van der Waals surface area contributed by atoms with Gasteiger partial charge >= 0.3 is 0 Å². The van der Waals surface area contributed by atoms with Crippen LogP contribution in [-0.4, -0.2) is 29.8 Å². The van der Waals surface area contributed by atoms with Crippen molar-refractivity contribution >= 4 is 17.5 Å². The van der Waals surface area contributed by atoms with E-state index >= 15 is 0 Å². The van der Waals surface area contributed by atoms with E-state index in [1.165, 1.54) is 0 Å². The summed E-state index contributed by atoms with van der Waals surface area (Å²) in [5, 5.41) is 0. The van der Waals surface area contributed by atoms with Crippen molar-refractivity contribution in [1.82, 2.24) is 4.90 Å². The molecule has 0 saturated carbocycles. The number of nitrogens with zero attached hydrogens (tertiary/aromatic N) is 1. The molecule has 0 bridgehead atoms. The van der Waals surface area contributed by atoms with Crippen LogP contribution in [0.15, 0.2) is 0 Å². The van der Waals surface area contributed by atoms with Gasteiger partial charge in [0.1, 0.15) is 0 Å². The monoisotopic (exact) mass is 203 g/mol. The van der Waals surface area contributed by atoms with E-state index in [9.17, 15) is 4.79 Å². The summed E-state index contributed by atoms with van der Waals surface area (Å²) in [6.07, 6.45) is 3.95. The predicted octanol–water partition coefficient (Wildman–Crippen LogP) is 2.26. The van der Waals surface area contributed by atoms with Crippen molar-refractivity contribution in [2.75, 3.05) is 19.0 Å². The molecule has 13 heavy (non-hydrogen) atoms. The lowest BCUT2D eigenvalue weighted by Crippen LogP contribution is -2.26. The van der Waals surface area contributed by atoms with Gasteiger partial charge in [-0.2, -0.15) is 0 Å². The summed E-state index contributed by atoms with van der Waals surface area (Å²) in [5.74, 6) is 1.64. The van der Waals surface area contributed by atoms with Gasteiger partial charge in [-0.1, -0.05) is 13.3 Å². The Morgan fingerprint density at radius 1 is 1.54 bits per heavy atom. The Morgan fingerprint density at radius 3 is 2.85 bits per heavy atom. The van der Waals surface area contributed by atoms with Crippen LogP contribution in [0.25, 0.3) is 0 Å². The molecule has 76 valence electrons. The third-order valence-electron chi connectivity index (χ3n) is 2.68. The summed E-state index contributed by atoms with van der Waals surface area (Å²) in [6, 6.07) is 0. The predicted molar refractivity (Wildman–Crippen MR) is 54.9 cm³/mol. The molecule has 3 heteroatoms. The first-order chi connectivity index (χ1) is 6.27. The molecule has 1 aliphatic rings. The van der Waals surface area contributed by atoms with Crippen LogP contribution >= 0.6 is 11.6 Å². The van der Waals surface area contributed by atoms with Gasteiger partial charge in [-0.25, -0.2) is 0 Å². The smallest absolute Gasteiger partial charge is 0.222 e. The molecular formula is C10H18ClNO. The van der Waals surface area contributed by atoms with Crippen molar-refractivity contribution in [3.63, 3.8) is 0 Å². The minimum Gasteiger partial charge on any atom is -0.342 e. The molecule has 1 saturated heterocycles. The second-order valence-electron chi connectivity index (χ2n) is 3.71. The number of hydrogen-bond acceptors (Lipinski definition) is 1. The Morgan fingerprint density at radius 2 is 2.31 bits per heavy atom. The number of carbonyl (C=O) groups is 1. The molecule has 1 rings (SSSR count). The highest BCUT2D eigenvalue weighted by Crippen LogP contribution is 2.20. The van der Waals surface area contributed by atoms with Gasteiger partial charge in [0, 0.05) is 25.4 Å². The first kappa shape index (κ1) is 10.8. The van der Waals surface area contributed by atoms with Gasteiger partial charge in [-0.3, -0.25) is 4.79 Å². The zero-order valence-electron chi connectivity index (χ0n) is 8.26. The number of unbranched alkanes of at least 4 members (excludes halogenated alkanes) is 1. The number of halogens is 1. The summed E-state index contributed by atoms with van der Waals surface area (Å²) in [5.41, 5.74) is 0. The standard InChI is InChI=1S/C10H18ClNO/c1-2-9-7-10(13)12(8-9)6-4-3-5-11/h9H,2-8H2,1H3. The molecular weight excluding hydrogens is 186 g/mol. The fourth-order valence-corrected chi connectivity index (χ4v) is 1.93. The number of alkyl halides is 1. The maximum atomic E-state index is 11.4. The van der Waals surface area contributed by atoms with Crippen LogP contribution in [0.3, 0.4) is 0 Å². The molecule has 1 unspecified atom stereocenters. The van der Waals surface area contributed by atoms with Gasteiger partial charge in [0.2, 0.25) is 5.91 Å². The summed E-state index contributed by atoms with van der Waals surface area (Å²) in [4.78, 5) is 13.4. The quantitative estimate of drug-likeness (QED) is 0.496. The summed E-state index contributed by atoms with van der Waals surface area (Å²) >= 11 is 5.58. The van der Waals surface area contributed by atoms with Crippen LogP contribution in [0, 0.1) is 5.92 Å². The largest absolute Gasteiger partial charge is 0.342 e. The van der Waals surface area contributed by atoms with Gasteiger partial charge in [0.25, 0.3) is 0 Å². The molecule has 0 aromatic rings. The molecule has 2 nitrogen and oxygen atoms in total. The molecule has 0 aliphatic carbocycles. The van der Waals surface area contributed by atoms with Gasteiger partial charge in [-0.05, 0) is 18.8 Å². The van der Waals surface area contributed by atoms with E-state index in [1.54, 1.807) is 0 Å². The molecule has 0 aromatic heterocycles. The zero-order valence-corrected chi connectivity index (χ0v) is 9.02. The van der Waals surface area contributed by atoms with Crippen LogP contribution < -0.4 is 0 Å². The molecule has 1 amide bonds. The van der Waals surface area contributed by atoms with Gasteiger partial charge in [-0.15, -0.1) is 11.6 Å². The normalized spacial score (nSPS) is 22.8. The van der Waals surface area contributed by atoms with Crippen LogP contribution in [0.4, 0.5) is 0 Å². The van der Waals surface area contributed by atoms with E-state index in [0.29, 0.717) is 17.7 Å². The summed E-state index contributed by atoms with van der Waals surface area (Å²) in [6.45, 7) is 4.03. The SMILES string of the molecule is CCC1CC(=O)N(CCCCCl)C1. The number of hydrogen-bond donors (Lipinski definition) is 0. The second kappa shape index (κ2) is 5.48. The van der Waals surface area contributed by atoms with E-state index in [1.807, 2.05) is 4.90 Å². The van der Waals surface area contributed by atoms with E-state index in [2.05, 4.69) is 6.92 Å². The van der Waals surface area contributed by atoms with Crippen molar-refractivity contribution in [3.05, 3.63) is 0 Å². The molecule has 1 heterocycles. The first-order valence-electron chi connectivity index (χ1n) is 5.11. The van der Waals surface area contributed by atoms with E-state index in [0.717, 1.165) is 38.8 Å². The Kier molecular flexibility index (Phi) is 4.57. The average Bonchev–Trinajstić information content (AvgIpc) is 2.48. The number of rotatable bonds is 5. The van der Waals surface area contributed by atoms with Crippen LogP contribution in [0.2, 0.25) is 0 Å². The van der Waals surface area contributed by atoms with Crippen molar-refractivity contribution in [3.8, 4) is 0 Å². The van der Waals surface area contributed by atoms with Crippen molar-refractivity contribution in [2.45, 2.75) is 32.6 Å². The third-order valence-corrected chi connectivity index (χ3v) is 2.95. The van der Waals surface area contributed by atoms with Crippen molar-refractivity contribution in [2.24, 2.45) is 5.92 Å². The van der Waals surface area contributed by atoms with E-state index in [4.69, 9.17) is 11.6 Å². The average molecular weight is 204 g/mol. The van der Waals surface area contributed by atoms with Gasteiger partial charge in [0.15, 0.2) is 0 Å². The molecule has 0 spiro atoms. The summed E-state index contributed by atoms with van der Waals surface area (Å²) in [7, 11) is 0. The maximum Gasteiger partial charge on any atom is 0.222 e. The highest BCUT2D eigenvalue weighted by atomic mass is 35.5. The van der Waals surface area contributed by atoms with Crippen molar-refractivity contribution < 1.29 is 4.79 Å². The minimum absolute atomic E-state index is 0.335. The number of carbonyl (C=O) groups excluding carboxylic acids is 1. The van der Waals surface area contributed by atoms with Crippen LogP contribution in [0.5, 0.6) is 0 Å². The van der Waals surface area contributed by atoms with Crippen LogP contribution in [0.1, 0.15) is 32.6 Å². The fraction of sp³-hybridized carbons (Fsp3) is 0.900. The lowest BCUT2D eigenvalue weighted by Gasteiger charge is -2.15. The highest BCUT2D eigenvalue weighted by Gasteiger charge is 2.27. The topological polar surface area (TPSA) is 20.3 Å². The molecule has 0 radical (unpaired) electrons. The third kappa shape index (κ3) is 3.18. The molecule has 0 aromatic carbocycles. The lowest BCUT2D eigenvalue weighted by atomic mass is 10.1. The Balaban J connectivity index is 2.23. The molecule has 1 atom stereocenters. The molecule has 1 aliphatic heterocycles. The fourth-order valence-electron chi connectivity index (χ4n) is 1.74. The van der Waals surface area contributed by atoms with E-state index < -0.39 is 0 Å². The Labute approximate surface area is 85.2 Å². The second-order valence-corrected chi connectivity index (χ2v) is 4.09. The summed E-state index contributed by atoms with van der Waals surface area (Å²) < 4.78 is 0. The first-order valence-corrected chi connectivity index (χ1v) is 5.65. The molecule has 1 fully saturated rings. The highest BCUT2D eigenvalue weighted by molar-refractivity contribution is 6.17. The molecule has 0 N–H and O–H groups in total. The number of likely N-dealkylation sites (tertiary alicyclic amines) is 1. The Bertz CT molecular complexity index is 172. The van der Waals surface area contributed by atoms with E-state index in [-0.39, 0.29) is 0 Å². The minimum atomic E-state index is 0.335. The zero-order chi connectivity index (χ0) is 9.68. The van der Waals surface area contributed by atoms with Gasteiger partial charge in [0.05, 0.1) is 0 Å². The van der Waals surface area contributed by atoms with Crippen LogP contribution in [-0.2, 0) is 4.79 Å². The Hall–Kier alpha value is -0.240. The maximum absolute atomic E-state index is 11.4. The lowest BCUT2D eigenvalue weighted by molar-refractivity contribution is -0.127.